The fourth-order valence-corrected chi connectivity index (χ4v) is 9.63. The van der Waals surface area contributed by atoms with Crippen LogP contribution in [0.1, 0.15) is 146 Å². The number of unbranched alkanes of at least 4 members (excludes halogenated alkanes) is 6. The lowest BCUT2D eigenvalue weighted by Gasteiger charge is -2.45. The number of aryl methyl sites for hydroxylation is 3. The standard InChI is InChI=1S/C60H72N6O3/c1-7-10-13-16-43-19-25-46(26-20-43)55-34-31-49(40-61-55)58(67)64(4)52-37-53(65(5)59(68)50-32-35-56(62-41-50)47-27-21-44(22-28-47)17-14-11-8-2)39-54(38-52)66(6)60(69)51-33-36-57(63-42-51)48-29-23-45(24-30-48)18-15-12-9-3/h19-36,40-42,52-54H,7-18,37-39H2,1-6H3. The van der Waals surface area contributed by atoms with Crippen LogP contribution in [-0.2, 0) is 19.3 Å². The molecule has 0 unspecified atom stereocenters. The Kier molecular flexibility index (Phi) is 18.0. The van der Waals surface area contributed by atoms with Crippen molar-refractivity contribution in [1.29, 1.82) is 0 Å². The van der Waals surface area contributed by atoms with Crippen molar-refractivity contribution in [1.82, 2.24) is 29.7 Å². The van der Waals surface area contributed by atoms with Crippen LogP contribution in [0.15, 0.2) is 128 Å². The van der Waals surface area contributed by atoms with Crippen LogP contribution < -0.4 is 0 Å². The second-order valence-corrected chi connectivity index (χ2v) is 19.2. The molecule has 0 spiro atoms. The van der Waals surface area contributed by atoms with Gasteiger partial charge in [0.2, 0.25) is 0 Å². The van der Waals surface area contributed by atoms with Crippen LogP contribution >= 0.6 is 0 Å². The molecule has 1 aliphatic rings. The van der Waals surface area contributed by atoms with E-state index in [0.29, 0.717) is 36.0 Å². The van der Waals surface area contributed by atoms with E-state index in [-0.39, 0.29) is 35.8 Å². The van der Waals surface area contributed by atoms with E-state index in [9.17, 15) is 14.4 Å². The van der Waals surface area contributed by atoms with Crippen LogP contribution in [0.5, 0.6) is 0 Å². The van der Waals surface area contributed by atoms with Gasteiger partial charge in [-0.25, -0.2) is 0 Å². The topological polar surface area (TPSA) is 99.6 Å². The van der Waals surface area contributed by atoms with Crippen molar-refractivity contribution in [2.24, 2.45) is 0 Å². The van der Waals surface area contributed by atoms with Gasteiger partial charge in [0.15, 0.2) is 0 Å². The molecule has 3 aromatic carbocycles. The average Bonchev–Trinajstić information content (AvgIpc) is 3.40. The zero-order chi connectivity index (χ0) is 48.7. The number of nitrogens with zero attached hydrogens (tertiary/aromatic N) is 6. The van der Waals surface area contributed by atoms with Gasteiger partial charge < -0.3 is 14.7 Å². The zero-order valence-electron chi connectivity index (χ0n) is 41.9. The molecule has 3 aromatic heterocycles. The molecule has 3 amide bonds. The minimum atomic E-state index is -0.275. The molecule has 7 rings (SSSR count). The number of amides is 3. The smallest absolute Gasteiger partial charge is 0.255 e. The van der Waals surface area contributed by atoms with Crippen molar-refractivity contribution >= 4 is 17.7 Å². The Bertz CT molecular complexity index is 2260. The first-order valence-electron chi connectivity index (χ1n) is 25.5. The Morgan fingerprint density at radius 2 is 0.652 bits per heavy atom. The van der Waals surface area contributed by atoms with E-state index in [0.717, 1.165) is 53.0 Å². The number of rotatable bonds is 21. The third-order valence-electron chi connectivity index (χ3n) is 14.2. The molecule has 0 radical (unpaired) electrons. The number of carbonyl (C=O) groups is 3. The molecular weight excluding hydrogens is 853 g/mol. The maximum Gasteiger partial charge on any atom is 0.255 e. The number of hydrogen-bond acceptors (Lipinski definition) is 6. The predicted molar refractivity (Wildman–Crippen MR) is 280 cm³/mol. The summed E-state index contributed by atoms with van der Waals surface area (Å²) in [6.45, 7) is 6.65. The van der Waals surface area contributed by atoms with Crippen molar-refractivity contribution in [2.45, 2.75) is 135 Å². The number of aromatic nitrogens is 3. The molecule has 69 heavy (non-hydrogen) atoms. The van der Waals surface area contributed by atoms with Crippen LogP contribution in [-0.4, -0.2) is 86.6 Å². The molecule has 0 N–H and O–H groups in total. The third-order valence-corrected chi connectivity index (χ3v) is 14.2. The quantitative estimate of drug-likeness (QED) is 0.0667. The van der Waals surface area contributed by atoms with Gasteiger partial charge >= 0.3 is 0 Å². The number of benzene rings is 3. The summed E-state index contributed by atoms with van der Waals surface area (Å²) in [6, 6.07) is 36.0. The maximum absolute atomic E-state index is 14.3. The fourth-order valence-electron chi connectivity index (χ4n) is 9.63. The maximum atomic E-state index is 14.3. The molecule has 1 fully saturated rings. The lowest BCUT2D eigenvalue weighted by atomic mass is 9.84. The minimum absolute atomic E-state index is 0.157. The van der Waals surface area contributed by atoms with Crippen molar-refractivity contribution in [2.75, 3.05) is 21.1 Å². The second kappa shape index (κ2) is 24.7. The normalized spacial score (nSPS) is 15.7. The lowest BCUT2D eigenvalue weighted by molar-refractivity contribution is 0.0365. The van der Waals surface area contributed by atoms with E-state index in [1.54, 1.807) is 33.3 Å². The summed E-state index contributed by atoms with van der Waals surface area (Å²) in [4.78, 5) is 62.3. The second-order valence-electron chi connectivity index (χ2n) is 19.2. The number of carbonyl (C=O) groups excluding carboxylic acids is 3. The molecule has 3 heterocycles. The molecule has 6 aromatic rings. The molecule has 0 atom stereocenters. The van der Waals surface area contributed by atoms with E-state index in [2.05, 4.69) is 93.6 Å². The third kappa shape index (κ3) is 13.2. The Morgan fingerprint density at radius 3 is 0.870 bits per heavy atom. The van der Waals surface area contributed by atoms with Crippen LogP contribution in [0, 0.1) is 0 Å². The van der Waals surface area contributed by atoms with Crippen molar-refractivity contribution in [3.63, 3.8) is 0 Å². The lowest BCUT2D eigenvalue weighted by Crippen LogP contribution is -2.54. The molecule has 0 saturated heterocycles. The summed E-state index contributed by atoms with van der Waals surface area (Å²) < 4.78 is 0. The molecule has 9 heteroatoms. The number of pyridine rings is 3. The summed E-state index contributed by atoms with van der Waals surface area (Å²) in [5, 5.41) is 0. The van der Waals surface area contributed by atoms with Gasteiger partial charge in [-0.1, -0.05) is 132 Å². The Labute approximate surface area is 411 Å². The Hall–Kier alpha value is -6.48. The Morgan fingerprint density at radius 1 is 0.391 bits per heavy atom. The van der Waals surface area contributed by atoms with Gasteiger partial charge in [-0.3, -0.25) is 29.3 Å². The Balaban J connectivity index is 1.07. The SMILES string of the molecule is CCCCCc1ccc(-c2ccc(C(=O)N(C)C3CC(N(C)C(=O)c4ccc(-c5ccc(CCCCC)cc5)nc4)CC(N(C)C(=O)c4ccc(-c5ccc(CCCCC)cc5)nc4)C3)cn2)cc1. The first kappa shape index (κ1) is 50.4. The highest BCUT2D eigenvalue weighted by atomic mass is 16.2. The highest BCUT2D eigenvalue weighted by Gasteiger charge is 2.39. The summed E-state index contributed by atoms with van der Waals surface area (Å²) in [5.41, 5.74) is 10.9. The molecule has 1 saturated carbocycles. The van der Waals surface area contributed by atoms with E-state index in [4.69, 9.17) is 15.0 Å². The summed E-state index contributed by atoms with van der Waals surface area (Å²) in [7, 11) is 5.46. The number of hydrogen-bond donors (Lipinski definition) is 0. The predicted octanol–water partition coefficient (Wildman–Crippen LogP) is 13.0. The molecule has 360 valence electrons. The van der Waals surface area contributed by atoms with Gasteiger partial charge in [0.05, 0.1) is 33.8 Å². The van der Waals surface area contributed by atoms with Crippen molar-refractivity contribution < 1.29 is 14.4 Å². The molecule has 0 bridgehead atoms. The molecule has 9 nitrogen and oxygen atoms in total. The average molecular weight is 925 g/mol. The van der Waals surface area contributed by atoms with E-state index >= 15 is 0 Å². The van der Waals surface area contributed by atoms with Gasteiger partial charge in [-0.2, -0.15) is 0 Å². The van der Waals surface area contributed by atoms with Gasteiger partial charge in [0.25, 0.3) is 17.7 Å². The largest absolute Gasteiger partial charge is 0.339 e. The van der Waals surface area contributed by atoms with E-state index in [1.165, 1.54) is 74.5 Å². The highest BCUT2D eigenvalue weighted by molar-refractivity contribution is 5.96. The summed E-state index contributed by atoms with van der Waals surface area (Å²) in [5.74, 6) is -0.472. The minimum Gasteiger partial charge on any atom is -0.339 e. The van der Waals surface area contributed by atoms with Gasteiger partial charge in [-0.05, 0) is 111 Å². The monoisotopic (exact) mass is 925 g/mol. The van der Waals surface area contributed by atoms with E-state index < -0.39 is 0 Å². The van der Waals surface area contributed by atoms with Crippen LogP contribution in [0.25, 0.3) is 33.8 Å². The van der Waals surface area contributed by atoms with Gasteiger partial charge in [0, 0.05) is 74.5 Å². The zero-order valence-corrected chi connectivity index (χ0v) is 41.9. The molecule has 0 aliphatic heterocycles. The van der Waals surface area contributed by atoms with Crippen LogP contribution in [0.4, 0.5) is 0 Å². The van der Waals surface area contributed by atoms with Gasteiger partial charge in [0.1, 0.15) is 0 Å². The van der Waals surface area contributed by atoms with Crippen molar-refractivity contribution in [3.8, 4) is 33.8 Å². The fraction of sp³-hybridized carbons (Fsp3) is 0.400. The van der Waals surface area contributed by atoms with E-state index in [1.807, 2.05) is 57.5 Å². The first-order valence-corrected chi connectivity index (χ1v) is 25.5. The highest BCUT2D eigenvalue weighted by Crippen LogP contribution is 2.32. The van der Waals surface area contributed by atoms with Crippen molar-refractivity contribution in [3.05, 3.63) is 161 Å². The van der Waals surface area contributed by atoms with Gasteiger partial charge in [-0.15, -0.1) is 0 Å². The molecule has 1 aliphatic carbocycles. The summed E-state index contributed by atoms with van der Waals surface area (Å²) >= 11 is 0. The molecular formula is C60H72N6O3. The first-order chi connectivity index (χ1) is 33.6. The van der Waals surface area contributed by atoms with Crippen LogP contribution in [0.3, 0.4) is 0 Å². The summed E-state index contributed by atoms with van der Waals surface area (Å²) in [6.07, 6.45) is 20.6. The van der Waals surface area contributed by atoms with Crippen LogP contribution in [0.2, 0.25) is 0 Å².